The fourth-order valence-electron chi connectivity index (χ4n) is 2.66. The molecule has 0 bridgehead atoms. The Morgan fingerprint density at radius 3 is 2.54 bits per heavy atom. The summed E-state index contributed by atoms with van der Waals surface area (Å²) in [6.07, 6.45) is 1.73. The van der Waals surface area contributed by atoms with Crippen LogP contribution in [0, 0.1) is 23.2 Å². The lowest BCUT2D eigenvalue weighted by atomic mass is 10.2. The van der Waals surface area contributed by atoms with Gasteiger partial charge in [0.25, 0.3) is 0 Å². The second kappa shape index (κ2) is 7.84. The minimum Gasteiger partial charge on any atom is -0.353 e. The van der Waals surface area contributed by atoms with Crippen LogP contribution in [0.2, 0.25) is 5.02 Å². The van der Waals surface area contributed by atoms with Gasteiger partial charge in [0.2, 0.25) is 0 Å². The number of aromatic nitrogens is 1. The zero-order valence-corrected chi connectivity index (χ0v) is 14.0. The molecule has 1 saturated heterocycles. The number of anilines is 1. The van der Waals surface area contributed by atoms with Crippen LogP contribution in [0.15, 0.2) is 42.6 Å². The van der Waals surface area contributed by atoms with Gasteiger partial charge in [0.1, 0.15) is 11.9 Å². The fraction of sp³-hybridized carbons (Fsp3) is 0.263. The Kier molecular flexibility index (Phi) is 5.33. The second-order valence-corrected chi connectivity index (χ2v) is 5.94. The molecule has 0 saturated carbocycles. The first-order valence-corrected chi connectivity index (χ1v) is 8.21. The number of pyridine rings is 1. The van der Waals surface area contributed by atoms with Crippen LogP contribution >= 0.6 is 11.6 Å². The minimum absolute atomic E-state index is 0.629. The van der Waals surface area contributed by atoms with Crippen molar-refractivity contribution >= 4 is 17.4 Å². The third-order valence-electron chi connectivity index (χ3n) is 3.98. The van der Waals surface area contributed by atoms with Crippen LogP contribution in [0.5, 0.6) is 0 Å². The molecule has 1 aliphatic heterocycles. The van der Waals surface area contributed by atoms with E-state index in [1.54, 1.807) is 12.3 Å². The number of halogens is 1. The third kappa shape index (κ3) is 3.86. The van der Waals surface area contributed by atoms with Gasteiger partial charge in [-0.1, -0.05) is 35.6 Å². The Balaban J connectivity index is 1.57. The van der Waals surface area contributed by atoms with Crippen LogP contribution in [0.1, 0.15) is 11.1 Å². The predicted molar refractivity (Wildman–Crippen MR) is 95.9 cm³/mol. The second-order valence-electron chi connectivity index (χ2n) is 5.53. The molecule has 1 fully saturated rings. The quantitative estimate of drug-likeness (QED) is 0.791. The Morgan fingerprint density at radius 1 is 1.04 bits per heavy atom. The first-order valence-electron chi connectivity index (χ1n) is 7.84. The molecule has 0 radical (unpaired) electrons. The van der Waals surface area contributed by atoms with E-state index in [2.05, 4.69) is 32.7 Å². The van der Waals surface area contributed by atoms with Crippen molar-refractivity contribution in [2.45, 2.75) is 0 Å². The molecule has 0 atom stereocenters. The molecule has 1 aromatic heterocycles. The van der Waals surface area contributed by atoms with Gasteiger partial charge in [0, 0.05) is 37.9 Å². The van der Waals surface area contributed by atoms with E-state index in [4.69, 9.17) is 11.6 Å². The van der Waals surface area contributed by atoms with Crippen LogP contribution in [0.3, 0.4) is 0 Å². The van der Waals surface area contributed by atoms with E-state index in [0.717, 1.165) is 37.6 Å². The van der Waals surface area contributed by atoms with Crippen molar-refractivity contribution in [1.29, 1.82) is 5.26 Å². The largest absolute Gasteiger partial charge is 0.353 e. The average molecular weight is 337 g/mol. The maximum atomic E-state index is 9.19. The zero-order valence-electron chi connectivity index (χ0n) is 13.2. The molecule has 1 aliphatic rings. The first kappa shape index (κ1) is 16.3. The molecule has 0 amide bonds. The number of nitriles is 1. The maximum absolute atomic E-state index is 9.19. The molecule has 0 aliphatic carbocycles. The topological polar surface area (TPSA) is 43.2 Å². The molecule has 3 rings (SSSR count). The summed E-state index contributed by atoms with van der Waals surface area (Å²) in [5.41, 5.74) is 1.49. The standard InChI is InChI=1S/C19H17ClN4/c20-18-8-2-1-5-16(18)7-4-10-23-11-13-24(14-12-23)19-17(15-21)6-3-9-22-19/h1-3,5-6,8-9H,10-14H2. The monoisotopic (exact) mass is 336 g/mol. The van der Waals surface area contributed by atoms with E-state index < -0.39 is 0 Å². The molecule has 1 aromatic carbocycles. The molecule has 24 heavy (non-hydrogen) atoms. The van der Waals surface area contributed by atoms with E-state index in [0.29, 0.717) is 17.1 Å². The van der Waals surface area contributed by atoms with Crippen LogP contribution in [-0.2, 0) is 0 Å². The van der Waals surface area contributed by atoms with Gasteiger partial charge in [-0.25, -0.2) is 4.98 Å². The Morgan fingerprint density at radius 2 is 1.79 bits per heavy atom. The lowest BCUT2D eigenvalue weighted by Crippen LogP contribution is -2.47. The molecule has 0 N–H and O–H groups in total. The Labute approximate surface area is 147 Å². The van der Waals surface area contributed by atoms with Gasteiger partial charge >= 0.3 is 0 Å². The third-order valence-corrected chi connectivity index (χ3v) is 4.31. The number of hydrogen-bond donors (Lipinski definition) is 0. The number of piperazine rings is 1. The zero-order chi connectivity index (χ0) is 16.8. The molecule has 2 aromatic rings. The van der Waals surface area contributed by atoms with Crippen molar-refractivity contribution in [1.82, 2.24) is 9.88 Å². The molecule has 4 nitrogen and oxygen atoms in total. The van der Waals surface area contributed by atoms with Crippen LogP contribution < -0.4 is 4.90 Å². The van der Waals surface area contributed by atoms with E-state index in [-0.39, 0.29) is 0 Å². The molecule has 0 spiro atoms. The normalized spacial score (nSPS) is 14.6. The fourth-order valence-corrected chi connectivity index (χ4v) is 2.85. The Hall–Kier alpha value is -2.53. The van der Waals surface area contributed by atoms with Crippen molar-refractivity contribution in [3.05, 3.63) is 58.7 Å². The summed E-state index contributed by atoms with van der Waals surface area (Å²) in [5.74, 6) is 7.10. The van der Waals surface area contributed by atoms with Gasteiger partial charge in [0.05, 0.1) is 17.1 Å². The average Bonchev–Trinajstić information content (AvgIpc) is 2.64. The highest BCUT2D eigenvalue weighted by molar-refractivity contribution is 6.31. The first-order chi connectivity index (χ1) is 11.8. The van der Waals surface area contributed by atoms with Gasteiger partial charge < -0.3 is 4.90 Å². The molecule has 0 unspecified atom stereocenters. The summed E-state index contributed by atoms with van der Waals surface area (Å²) in [4.78, 5) is 8.82. The highest BCUT2D eigenvalue weighted by atomic mass is 35.5. The van der Waals surface area contributed by atoms with Crippen molar-refractivity contribution in [3.8, 4) is 17.9 Å². The summed E-state index contributed by atoms with van der Waals surface area (Å²) in [6.45, 7) is 4.21. The van der Waals surface area contributed by atoms with Gasteiger partial charge in [-0.05, 0) is 24.3 Å². The van der Waals surface area contributed by atoms with E-state index in [1.807, 2.05) is 30.3 Å². The number of hydrogen-bond acceptors (Lipinski definition) is 4. The predicted octanol–water partition coefficient (Wildman–Crippen LogP) is 2.78. The molecule has 2 heterocycles. The van der Waals surface area contributed by atoms with Crippen molar-refractivity contribution in [2.75, 3.05) is 37.6 Å². The number of rotatable bonds is 2. The summed E-state index contributed by atoms with van der Waals surface area (Å²) >= 11 is 6.11. The minimum atomic E-state index is 0.629. The van der Waals surface area contributed by atoms with Gasteiger partial charge in [-0.15, -0.1) is 0 Å². The molecular weight excluding hydrogens is 320 g/mol. The summed E-state index contributed by atoms with van der Waals surface area (Å²) in [5, 5.41) is 9.88. The van der Waals surface area contributed by atoms with Gasteiger partial charge in [0.15, 0.2) is 0 Å². The summed E-state index contributed by atoms with van der Waals surface area (Å²) < 4.78 is 0. The van der Waals surface area contributed by atoms with Gasteiger partial charge in [-0.2, -0.15) is 5.26 Å². The van der Waals surface area contributed by atoms with Gasteiger partial charge in [-0.3, -0.25) is 4.90 Å². The lowest BCUT2D eigenvalue weighted by molar-refractivity contribution is 0.287. The van der Waals surface area contributed by atoms with Crippen LogP contribution in [-0.4, -0.2) is 42.6 Å². The van der Waals surface area contributed by atoms with E-state index in [9.17, 15) is 5.26 Å². The lowest BCUT2D eigenvalue weighted by Gasteiger charge is -2.34. The van der Waals surface area contributed by atoms with E-state index in [1.165, 1.54) is 0 Å². The maximum Gasteiger partial charge on any atom is 0.146 e. The van der Waals surface area contributed by atoms with Crippen LogP contribution in [0.4, 0.5) is 5.82 Å². The highest BCUT2D eigenvalue weighted by Gasteiger charge is 2.19. The number of nitrogens with zero attached hydrogens (tertiary/aromatic N) is 4. The highest BCUT2D eigenvalue weighted by Crippen LogP contribution is 2.18. The van der Waals surface area contributed by atoms with Crippen molar-refractivity contribution in [2.24, 2.45) is 0 Å². The SMILES string of the molecule is N#Cc1cccnc1N1CCN(CC#Cc2ccccc2Cl)CC1. The van der Waals surface area contributed by atoms with E-state index >= 15 is 0 Å². The van der Waals surface area contributed by atoms with Crippen molar-refractivity contribution in [3.63, 3.8) is 0 Å². The molecule has 5 heteroatoms. The van der Waals surface area contributed by atoms with Crippen LogP contribution in [0.25, 0.3) is 0 Å². The molecular formula is C19H17ClN4. The summed E-state index contributed by atoms with van der Waals surface area (Å²) in [6, 6.07) is 13.4. The molecule has 120 valence electrons. The van der Waals surface area contributed by atoms with Crippen molar-refractivity contribution < 1.29 is 0 Å². The number of benzene rings is 1. The smallest absolute Gasteiger partial charge is 0.146 e. The summed E-state index contributed by atoms with van der Waals surface area (Å²) in [7, 11) is 0. The Bertz CT molecular complexity index is 808.